The van der Waals surface area contributed by atoms with Crippen LogP contribution in [0.15, 0.2) is 18.2 Å². The van der Waals surface area contributed by atoms with Crippen molar-refractivity contribution in [3.05, 3.63) is 34.3 Å². The molecule has 0 heterocycles. The molecule has 18 heavy (non-hydrogen) atoms. The number of hydrogen-bond acceptors (Lipinski definition) is 2. The first-order chi connectivity index (χ1) is 8.35. The van der Waals surface area contributed by atoms with Crippen molar-refractivity contribution >= 4 is 17.5 Å². The number of benzene rings is 1. The maximum absolute atomic E-state index is 12.0. The van der Waals surface area contributed by atoms with Crippen LogP contribution in [0.25, 0.3) is 0 Å². The molecule has 1 amide bonds. The van der Waals surface area contributed by atoms with Gasteiger partial charge in [-0.15, -0.1) is 0 Å². The highest BCUT2D eigenvalue weighted by Crippen LogP contribution is 2.19. The summed E-state index contributed by atoms with van der Waals surface area (Å²) in [6, 6.07) is 5.27. The lowest BCUT2D eigenvalue weighted by Gasteiger charge is -2.24. The Labute approximate surface area is 113 Å². The third kappa shape index (κ3) is 4.31. The highest BCUT2D eigenvalue weighted by Gasteiger charge is 2.19. The van der Waals surface area contributed by atoms with E-state index in [0.29, 0.717) is 23.6 Å². The van der Waals surface area contributed by atoms with E-state index in [1.807, 2.05) is 26.8 Å². The van der Waals surface area contributed by atoms with Crippen LogP contribution < -0.4 is 5.32 Å². The summed E-state index contributed by atoms with van der Waals surface area (Å²) in [7, 11) is 0. The molecule has 0 spiro atoms. The molecule has 1 rings (SSSR count). The van der Waals surface area contributed by atoms with Crippen molar-refractivity contribution in [1.82, 2.24) is 5.32 Å². The van der Waals surface area contributed by atoms with E-state index in [4.69, 9.17) is 16.7 Å². The van der Waals surface area contributed by atoms with Gasteiger partial charge < -0.3 is 10.4 Å². The number of halogens is 1. The summed E-state index contributed by atoms with van der Waals surface area (Å²) in [4.78, 5) is 12.0. The third-order valence-electron chi connectivity index (χ3n) is 2.96. The number of carbonyl (C=O) groups excluding carboxylic acids is 1. The van der Waals surface area contributed by atoms with E-state index in [0.717, 1.165) is 5.56 Å². The van der Waals surface area contributed by atoms with Crippen LogP contribution in [-0.4, -0.2) is 24.2 Å². The second kappa shape index (κ2) is 6.21. The van der Waals surface area contributed by atoms with Gasteiger partial charge in [0.05, 0.1) is 0 Å². The average molecular weight is 270 g/mol. The van der Waals surface area contributed by atoms with Gasteiger partial charge in [0.25, 0.3) is 5.91 Å². The number of hydrogen-bond donors (Lipinski definition) is 2. The van der Waals surface area contributed by atoms with E-state index in [1.54, 1.807) is 12.1 Å². The summed E-state index contributed by atoms with van der Waals surface area (Å²) in [5.74, 6) is -0.124. The van der Waals surface area contributed by atoms with Gasteiger partial charge in [-0.1, -0.05) is 31.5 Å². The number of aliphatic hydroxyl groups excluding tert-OH is 1. The second-order valence-electron chi connectivity index (χ2n) is 5.28. The molecule has 0 atom stereocenters. The lowest BCUT2D eigenvalue weighted by molar-refractivity contribution is 0.0927. The fourth-order valence-electron chi connectivity index (χ4n) is 1.64. The molecule has 4 heteroatoms. The topological polar surface area (TPSA) is 49.3 Å². The molecule has 100 valence electrons. The highest BCUT2D eigenvalue weighted by atomic mass is 35.5. The Kier molecular flexibility index (Phi) is 5.17. The summed E-state index contributed by atoms with van der Waals surface area (Å²) in [6.45, 7) is 6.55. The Morgan fingerprint density at radius 1 is 1.44 bits per heavy atom. The van der Waals surface area contributed by atoms with Gasteiger partial charge in [0, 0.05) is 23.7 Å². The predicted octanol–water partition coefficient (Wildman–Crippen LogP) is 2.79. The monoisotopic (exact) mass is 269 g/mol. The summed E-state index contributed by atoms with van der Waals surface area (Å²) < 4.78 is 0. The van der Waals surface area contributed by atoms with Crippen LogP contribution in [0, 0.1) is 12.3 Å². The molecule has 1 aromatic rings. The van der Waals surface area contributed by atoms with E-state index in [9.17, 15) is 4.79 Å². The van der Waals surface area contributed by atoms with Crippen LogP contribution >= 0.6 is 11.6 Å². The van der Waals surface area contributed by atoms with Crippen LogP contribution in [0.1, 0.15) is 36.2 Å². The smallest absolute Gasteiger partial charge is 0.251 e. The standard InChI is InChI=1S/C14H20ClNO2/c1-10-4-5-11(15)8-12(10)13(18)16-9-14(2,3)6-7-17/h4-5,8,17H,6-7,9H2,1-3H3,(H,16,18). The van der Waals surface area contributed by atoms with Gasteiger partial charge >= 0.3 is 0 Å². The molecule has 0 unspecified atom stereocenters. The SMILES string of the molecule is Cc1ccc(Cl)cc1C(=O)NCC(C)(C)CCO. The molecular weight excluding hydrogens is 250 g/mol. The van der Waals surface area contributed by atoms with Crippen LogP contribution in [0.4, 0.5) is 0 Å². The van der Waals surface area contributed by atoms with Gasteiger partial charge in [-0.3, -0.25) is 4.79 Å². The quantitative estimate of drug-likeness (QED) is 0.864. The molecule has 0 saturated heterocycles. The van der Waals surface area contributed by atoms with Gasteiger partial charge in [0.1, 0.15) is 0 Å². The van der Waals surface area contributed by atoms with E-state index in [1.165, 1.54) is 0 Å². The first-order valence-corrected chi connectivity index (χ1v) is 6.39. The summed E-state index contributed by atoms with van der Waals surface area (Å²) >= 11 is 5.89. The molecule has 3 nitrogen and oxygen atoms in total. The van der Waals surface area contributed by atoms with Gasteiger partial charge in [0.15, 0.2) is 0 Å². The highest BCUT2D eigenvalue weighted by molar-refractivity contribution is 6.31. The zero-order chi connectivity index (χ0) is 13.8. The van der Waals surface area contributed by atoms with Gasteiger partial charge in [0.2, 0.25) is 0 Å². The molecule has 0 saturated carbocycles. The molecule has 0 bridgehead atoms. The fraction of sp³-hybridized carbons (Fsp3) is 0.500. The predicted molar refractivity (Wildman–Crippen MR) is 74.0 cm³/mol. The normalized spacial score (nSPS) is 11.4. The molecule has 0 aliphatic rings. The van der Waals surface area contributed by atoms with Crippen molar-refractivity contribution in [2.45, 2.75) is 27.2 Å². The molecule has 0 radical (unpaired) electrons. The molecule has 1 aromatic carbocycles. The Morgan fingerprint density at radius 2 is 2.11 bits per heavy atom. The summed E-state index contributed by atoms with van der Waals surface area (Å²) in [5.41, 5.74) is 1.39. The van der Waals surface area contributed by atoms with Gasteiger partial charge in [-0.05, 0) is 36.5 Å². The van der Waals surface area contributed by atoms with Crippen molar-refractivity contribution in [3.8, 4) is 0 Å². The van der Waals surface area contributed by atoms with Crippen LogP contribution in [0.5, 0.6) is 0 Å². The minimum absolute atomic E-state index is 0.114. The Hall–Kier alpha value is -1.06. The molecule has 2 N–H and O–H groups in total. The molecular formula is C14H20ClNO2. The second-order valence-corrected chi connectivity index (χ2v) is 5.72. The van der Waals surface area contributed by atoms with Crippen molar-refractivity contribution in [3.63, 3.8) is 0 Å². The van der Waals surface area contributed by atoms with E-state index >= 15 is 0 Å². The van der Waals surface area contributed by atoms with E-state index < -0.39 is 0 Å². The molecule has 0 aliphatic heterocycles. The Morgan fingerprint density at radius 3 is 2.72 bits per heavy atom. The molecule has 0 fully saturated rings. The Bertz CT molecular complexity index is 430. The Balaban J connectivity index is 2.69. The molecule has 0 aromatic heterocycles. The largest absolute Gasteiger partial charge is 0.396 e. The lowest BCUT2D eigenvalue weighted by Crippen LogP contribution is -2.34. The van der Waals surface area contributed by atoms with Crippen LogP contribution in [0.2, 0.25) is 5.02 Å². The third-order valence-corrected chi connectivity index (χ3v) is 3.20. The summed E-state index contributed by atoms with van der Waals surface area (Å²) in [5, 5.41) is 12.4. The minimum Gasteiger partial charge on any atom is -0.396 e. The fourth-order valence-corrected chi connectivity index (χ4v) is 1.82. The number of nitrogens with one attached hydrogen (secondary N) is 1. The number of carbonyl (C=O) groups is 1. The zero-order valence-corrected chi connectivity index (χ0v) is 11.8. The number of amides is 1. The molecule has 0 aliphatic carbocycles. The van der Waals surface area contributed by atoms with Crippen molar-refractivity contribution in [2.24, 2.45) is 5.41 Å². The number of aryl methyl sites for hydroxylation is 1. The van der Waals surface area contributed by atoms with Gasteiger partial charge in [-0.25, -0.2) is 0 Å². The number of aliphatic hydroxyl groups is 1. The van der Waals surface area contributed by atoms with Crippen molar-refractivity contribution in [1.29, 1.82) is 0 Å². The van der Waals surface area contributed by atoms with Crippen molar-refractivity contribution < 1.29 is 9.90 Å². The summed E-state index contributed by atoms with van der Waals surface area (Å²) in [6.07, 6.45) is 0.655. The van der Waals surface area contributed by atoms with Crippen LogP contribution in [0.3, 0.4) is 0 Å². The lowest BCUT2D eigenvalue weighted by atomic mass is 9.89. The van der Waals surface area contributed by atoms with E-state index in [2.05, 4.69) is 5.32 Å². The maximum Gasteiger partial charge on any atom is 0.251 e. The van der Waals surface area contributed by atoms with Gasteiger partial charge in [-0.2, -0.15) is 0 Å². The minimum atomic E-state index is -0.124. The number of rotatable bonds is 5. The van der Waals surface area contributed by atoms with E-state index in [-0.39, 0.29) is 17.9 Å². The average Bonchev–Trinajstić information content (AvgIpc) is 2.29. The zero-order valence-electron chi connectivity index (χ0n) is 11.1. The first kappa shape index (κ1) is 15.0. The van der Waals surface area contributed by atoms with Crippen molar-refractivity contribution in [2.75, 3.05) is 13.2 Å². The van der Waals surface area contributed by atoms with Crippen LogP contribution in [-0.2, 0) is 0 Å². The maximum atomic E-state index is 12.0. The first-order valence-electron chi connectivity index (χ1n) is 6.01.